The van der Waals surface area contributed by atoms with Gasteiger partial charge in [0.05, 0.1) is 18.8 Å². The Morgan fingerprint density at radius 2 is 1.23 bits per heavy atom. The molecule has 184 valence electrons. The SMILES string of the molecule is C=C(CO)C(=O)OCCCC(F)(F)C(F)(F)C(F)(F)C(F)(F)C(F)(F)CCCCCC. The van der Waals surface area contributed by atoms with E-state index in [1.807, 2.05) is 0 Å². The van der Waals surface area contributed by atoms with Crippen molar-refractivity contribution in [3.05, 3.63) is 12.2 Å². The average molecular weight is 478 g/mol. The van der Waals surface area contributed by atoms with Crippen molar-refractivity contribution in [1.82, 2.24) is 0 Å². The maximum absolute atomic E-state index is 13.8. The molecule has 0 unspecified atom stereocenters. The van der Waals surface area contributed by atoms with E-state index in [4.69, 9.17) is 5.11 Å². The highest BCUT2D eigenvalue weighted by molar-refractivity contribution is 5.87. The van der Waals surface area contributed by atoms with E-state index in [1.54, 1.807) is 6.92 Å². The zero-order valence-corrected chi connectivity index (χ0v) is 16.6. The van der Waals surface area contributed by atoms with Crippen LogP contribution in [0.15, 0.2) is 12.2 Å². The molecule has 0 saturated heterocycles. The third kappa shape index (κ3) is 6.48. The minimum Gasteiger partial charge on any atom is -0.462 e. The van der Waals surface area contributed by atoms with Gasteiger partial charge in [0.15, 0.2) is 0 Å². The van der Waals surface area contributed by atoms with Gasteiger partial charge in [-0.3, -0.25) is 0 Å². The molecule has 13 heteroatoms. The molecule has 31 heavy (non-hydrogen) atoms. The number of alkyl halides is 10. The maximum Gasteiger partial charge on any atom is 0.384 e. The Kier molecular flexibility index (Phi) is 10.3. The maximum atomic E-state index is 13.8. The third-order valence-corrected chi connectivity index (χ3v) is 4.40. The number of unbranched alkanes of at least 4 members (excludes halogenated alkanes) is 3. The number of carbonyl (C=O) groups excluding carboxylic acids is 1. The standard InChI is InChI=1S/C18H24F10O3/c1-3-4-5-6-8-14(19,20)16(23,24)18(27,28)17(25,26)15(21,22)9-7-10-31-13(30)12(2)11-29/h29H,2-11H2,1H3. The second kappa shape index (κ2) is 10.9. The minimum absolute atomic E-state index is 0.0677. The smallest absolute Gasteiger partial charge is 0.384 e. The van der Waals surface area contributed by atoms with Gasteiger partial charge in [-0.25, -0.2) is 4.79 Å². The van der Waals surface area contributed by atoms with Gasteiger partial charge in [0.1, 0.15) is 0 Å². The minimum atomic E-state index is -7.08. The summed E-state index contributed by atoms with van der Waals surface area (Å²) in [6.45, 7) is 2.74. The molecule has 0 atom stereocenters. The van der Waals surface area contributed by atoms with E-state index in [2.05, 4.69) is 11.3 Å². The molecule has 0 aromatic rings. The summed E-state index contributed by atoms with van der Waals surface area (Å²) in [7, 11) is 0. The van der Waals surface area contributed by atoms with Crippen molar-refractivity contribution >= 4 is 5.97 Å². The molecule has 0 fully saturated rings. The van der Waals surface area contributed by atoms with Crippen molar-refractivity contribution in [2.24, 2.45) is 0 Å². The first-order chi connectivity index (χ1) is 13.9. The lowest BCUT2D eigenvalue weighted by Gasteiger charge is -2.39. The van der Waals surface area contributed by atoms with Gasteiger partial charge >= 0.3 is 35.6 Å². The molecule has 0 amide bonds. The van der Waals surface area contributed by atoms with Gasteiger partial charge in [-0.2, -0.15) is 43.9 Å². The van der Waals surface area contributed by atoms with E-state index in [-0.39, 0.29) is 6.42 Å². The summed E-state index contributed by atoms with van der Waals surface area (Å²) < 4.78 is 141. The molecular formula is C18H24F10O3. The van der Waals surface area contributed by atoms with Gasteiger partial charge in [-0.1, -0.05) is 32.8 Å². The first-order valence-electron chi connectivity index (χ1n) is 9.27. The van der Waals surface area contributed by atoms with E-state index in [0.29, 0.717) is 12.8 Å². The quantitative estimate of drug-likeness (QED) is 0.136. The molecule has 0 rings (SSSR count). The van der Waals surface area contributed by atoms with Crippen LogP contribution in [0.25, 0.3) is 0 Å². The predicted octanol–water partition coefficient (Wildman–Crippen LogP) is 6.01. The highest BCUT2D eigenvalue weighted by atomic mass is 19.4. The van der Waals surface area contributed by atoms with Crippen LogP contribution < -0.4 is 0 Å². The Bertz CT molecular complexity index is 605. The van der Waals surface area contributed by atoms with Crippen LogP contribution in [0.1, 0.15) is 51.9 Å². The van der Waals surface area contributed by atoms with Crippen molar-refractivity contribution < 1.29 is 58.5 Å². The molecule has 0 radical (unpaired) electrons. The number of carbonyl (C=O) groups is 1. The number of aliphatic hydroxyl groups excluding tert-OH is 1. The number of esters is 1. The highest BCUT2D eigenvalue weighted by Crippen LogP contribution is 2.58. The molecule has 0 aliphatic rings. The molecule has 0 aromatic carbocycles. The molecule has 3 nitrogen and oxygen atoms in total. The zero-order chi connectivity index (χ0) is 24.7. The largest absolute Gasteiger partial charge is 0.462 e. The number of hydrogen-bond donors (Lipinski definition) is 1. The van der Waals surface area contributed by atoms with Crippen LogP contribution in [0, 0.1) is 0 Å². The van der Waals surface area contributed by atoms with Gasteiger partial charge in [-0.05, 0) is 12.8 Å². The molecular weight excluding hydrogens is 454 g/mol. The summed E-state index contributed by atoms with van der Waals surface area (Å²) in [6, 6.07) is 0. The van der Waals surface area contributed by atoms with E-state index >= 15 is 0 Å². The fraction of sp³-hybridized carbons (Fsp3) is 0.833. The van der Waals surface area contributed by atoms with Crippen molar-refractivity contribution in [3.63, 3.8) is 0 Å². The van der Waals surface area contributed by atoms with E-state index < -0.39 is 80.1 Å². The van der Waals surface area contributed by atoms with Crippen LogP contribution in [0.3, 0.4) is 0 Å². The molecule has 0 aliphatic carbocycles. The predicted molar refractivity (Wildman–Crippen MR) is 89.9 cm³/mol. The fourth-order valence-corrected chi connectivity index (χ4v) is 2.37. The third-order valence-electron chi connectivity index (χ3n) is 4.40. The molecule has 0 saturated carbocycles. The Morgan fingerprint density at radius 3 is 1.65 bits per heavy atom. The number of aliphatic hydroxyl groups is 1. The molecule has 0 spiro atoms. The topological polar surface area (TPSA) is 46.5 Å². The summed E-state index contributed by atoms with van der Waals surface area (Å²) in [5, 5.41) is 8.57. The number of rotatable bonds is 15. The van der Waals surface area contributed by atoms with Crippen molar-refractivity contribution in [1.29, 1.82) is 0 Å². The van der Waals surface area contributed by atoms with Gasteiger partial charge in [-0.15, -0.1) is 0 Å². The Labute approximate surface area is 172 Å². The lowest BCUT2D eigenvalue weighted by molar-refractivity contribution is -0.402. The van der Waals surface area contributed by atoms with Crippen molar-refractivity contribution in [2.45, 2.75) is 81.5 Å². The number of halogens is 10. The second-order valence-electron chi connectivity index (χ2n) is 6.94. The van der Waals surface area contributed by atoms with Crippen molar-refractivity contribution in [2.75, 3.05) is 13.2 Å². The Hall–Kier alpha value is -1.53. The summed E-state index contributed by atoms with van der Waals surface area (Å²) in [6.07, 6.45) is -5.24. The van der Waals surface area contributed by atoms with Crippen LogP contribution in [-0.4, -0.2) is 53.9 Å². The Morgan fingerprint density at radius 1 is 0.774 bits per heavy atom. The summed E-state index contributed by atoms with van der Waals surface area (Å²) in [5.74, 6) is -33.5. The average Bonchev–Trinajstić information content (AvgIpc) is 2.67. The second-order valence-corrected chi connectivity index (χ2v) is 6.94. The molecule has 0 heterocycles. The lowest BCUT2D eigenvalue weighted by Crippen LogP contribution is -2.67. The summed E-state index contributed by atoms with van der Waals surface area (Å²) >= 11 is 0. The summed E-state index contributed by atoms with van der Waals surface area (Å²) in [4.78, 5) is 11.1. The fourth-order valence-electron chi connectivity index (χ4n) is 2.37. The van der Waals surface area contributed by atoms with E-state index in [9.17, 15) is 48.7 Å². The molecule has 0 aromatic heterocycles. The van der Waals surface area contributed by atoms with Crippen molar-refractivity contribution in [3.8, 4) is 0 Å². The first kappa shape index (κ1) is 29.5. The summed E-state index contributed by atoms with van der Waals surface area (Å²) in [5.41, 5.74) is -0.524. The van der Waals surface area contributed by atoms with Gasteiger partial charge in [0.25, 0.3) is 0 Å². The highest BCUT2D eigenvalue weighted by Gasteiger charge is 2.85. The molecule has 1 N–H and O–H groups in total. The monoisotopic (exact) mass is 478 g/mol. The van der Waals surface area contributed by atoms with Gasteiger partial charge in [0.2, 0.25) is 0 Å². The van der Waals surface area contributed by atoms with E-state index in [0.717, 1.165) is 0 Å². The van der Waals surface area contributed by atoms with Gasteiger partial charge < -0.3 is 9.84 Å². The first-order valence-corrected chi connectivity index (χ1v) is 9.27. The Balaban J connectivity index is 5.34. The van der Waals surface area contributed by atoms with Crippen LogP contribution in [0.5, 0.6) is 0 Å². The van der Waals surface area contributed by atoms with Gasteiger partial charge in [0, 0.05) is 12.8 Å². The number of ether oxygens (including phenoxy) is 1. The van der Waals surface area contributed by atoms with Crippen LogP contribution in [0.2, 0.25) is 0 Å². The lowest BCUT2D eigenvalue weighted by atomic mass is 9.90. The van der Waals surface area contributed by atoms with Crippen LogP contribution in [0.4, 0.5) is 43.9 Å². The molecule has 0 bridgehead atoms. The van der Waals surface area contributed by atoms with E-state index in [1.165, 1.54) is 0 Å². The number of hydrogen-bond acceptors (Lipinski definition) is 3. The normalized spacial score (nSPS) is 13.9. The van der Waals surface area contributed by atoms with Crippen LogP contribution >= 0.6 is 0 Å². The molecule has 0 aliphatic heterocycles. The zero-order valence-electron chi connectivity index (χ0n) is 16.6. The van der Waals surface area contributed by atoms with Crippen LogP contribution in [-0.2, 0) is 9.53 Å².